The predicted molar refractivity (Wildman–Crippen MR) is 69.2 cm³/mol. The predicted octanol–water partition coefficient (Wildman–Crippen LogP) is 4.24. The van der Waals surface area contributed by atoms with Crippen LogP contribution in [0.15, 0.2) is 63.6 Å². The monoisotopic (exact) mass is 235 g/mol. The van der Waals surface area contributed by atoms with Crippen molar-refractivity contribution in [1.29, 1.82) is 0 Å². The lowest BCUT2D eigenvalue weighted by Crippen LogP contribution is -1.73. The van der Waals surface area contributed by atoms with Gasteiger partial charge in [-0.05, 0) is 12.1 Å². The van der Waals surface area contributed by atoms with Crippen LogP contribution in [0.1, 0.15) is 0 Å². The van der Waals surface area contributed by atoms with Crippen LogP contribution in [0.25, 0.3) is 33.5 Å². The molecule has 4 aromatic rings. The van der Waals surface area contributed by atoms with E-state index in [0.29, 0.717) is 11.7 Å². The molecule has 18 heavy (non-hydrogen) atoms. The second-order valence-corrected chi connectivity index (χ2v) is 4.14. The number of fused-ring (bicyclic) bond motifs is 2. The van der Waals surface area contributed by atoms with E-state index in [1.165, 1.54) is 0 Å². The van der Waals surface area contributed by atoms with Crippen LogP contribution in [-0.2, 0) is 0 Å². The van der Waals surface area contributed by atoms with Crippen molar-refractivity contribution in [2.45, 2.75) is 0 Å². The fourth-order valence-corrected chi connectivity index (χ4v) is 2.13. The van der Waals surface area contributed by atoms with Crippen LogP contribution in [0.5, 0.6) is 0 Å². The Balaban J connectivity index is 2.01. The van der Waals surface area contributed by atoms with Crippen LogP contribution in [0.3, 0.4) is 0 Å². The van der Waals surface area contributed by atoms with E-state index in [4.69, 9.17) is 8.83 Å². The zero-order chi connectivity index (χ0) is 11.9. The lowest BCUT2D eigenvalue weighted by Gasteiger charge is -1.90. The van der Waals surface area contributed by atoms with Gasteiger partial charge in [0.05, 0.1) is 6.26 Å². The number of hydrogen-bond donors (Lipinski definition) is 0. The summed E-state index contributed by atoms with van der Waals surface area (Å²) in [6, 6.07) is 15.7. The number of aromatic nitrogens is 1. The van der Waals surface area contributed by atoms with E-state index in [2.05, 4.69) is 4.98 Å². The molecule has 0 unspecified atom stereocenters. The van der Waals surface area contributed by atoms with Gasteiger partial charge in [-0.1, -0.05) is 36.4 Å². The Kier molecular flexibility index (Phi) is 1.83. The molecule has 2 heterocycles. The maximum Gasteiger partial charge on any atom is 0.264 e. The van der Waals surface area contributed by atoms with Gasteiger partial charge >= 0.3 is 0 Å². The number of nitrogens with zero attached hydrogens (tertiary/aromatic N) is 1. The largest absolute Gasteiger partial charge is 0.458 e. The number of benzene rings is 2. The fourth-order valence-electron chi connectivity index (χ4n) is 2.13. The van der Waals surface area contributed by atoms with Gasteiger partial charge in [0.1, 0.15) is 5.52 Å². The summed E-state index contributed by atoms with van der Waals surface area (Å²) < 4.78 is 11.3. The maximum absolute atomic E-state index is 5.72. The van der Waals surface area contributed by atoms with Gasteiger partial charge in [-0.25, -0.2) is 4.98 Å². The highest BCUT2D eigenvalue weighted by Crippen LogP contribution is 2.31. The molecule has 2 aromatic heterocycles. The van der Waals surface area contributed by atoms with Gasteiger partial charge in [-0.3, -0.25) is 0 Å². The van der Waals surface area contributed by atoms with Crippen molar-refractivity contribution in [3.8, 4) is 11.7 Å². The van der Waals surface area contributed by atoms with Gasteiger partial charge < -0.3 is 8.83 Å². The first-order valence-electron chi connectivity index (χ1n) is 5.74. The van der Waals surface area contributed by atoms with E-state index < -0.39 is 0 Å². The summed E-state index contributed by atoms with van der Waals surface area (Å²) in [5.41, 5.74) is 1.61. The van der Waals surface area contributed by atoms with E-state index in [9.17, 15) is 0 Å². The Labute approximate surface area is 103 Å². The normalized spacial score (nSPS) is 11.3. The van der Waals surface area contributed by atoms with Crippen molar-refractivity contribution in [2.75, 3.05) is 0 Å². The van der Waals surface area contributed by atoms with Crippen LogP contribution in [0, 0.1) is 0 Å². The summed E-state index contributed by atoms with van der Waals surface area (Å²) in [4.78, 5) is 4.44. The van der Waals surface area contributed by atoms with E-state index in [1.807, 2.05) is 48.5 Å². The molecule has 0 radical (unpaired) electrons. The SMILES string of the molecule is c1ccc2c(-c3nc4ccccc4o3)occ2c1. The zero-order valence-electron chi connectivity index (χ0n) is 9.46. The van der Waals surface area contributed by atoms with Gasteiger partial charge in [0, 0.05) is 10.8 Å². The molecule has 0 saturated carbocycles. The Hall–Kier alpha value is -2.55. The molecule has 86 valence electrons. The molecule has 0 spiro atoms. The number of oxazole rings is 1. The summed E-state index contributed by atoms with van der Waals surface area (Å²) in [7, 11) is 0. The van der Waals surface area contributed by atoms with Gasteiger partial charge in [-0.15, -0.1) is 0 Å². The summed E-state index contributed by atoms with van der Waals surface area (Å²) in [5, 5.41) is 2.07. The number of para-hydroxylation sites is 2. The van der Waals surface area contributed by atoms with Crippen molar-refractivity contribution >= 4 is 21.9 Å². The molecular weight excluding hydrogens is 226 g/mol. The Morgan fingerprint density at radius 3 is 2.67 bits per heavy atom. The lowest BCUT2D eigenvalue weighted by atomic mass is 10.2. The first-order valence-corrected chi connectivity index (χ1v) is 5.74. The molecule has 0 aliphatic heterocycles. The lowest BCUT2D eigenvalue weighted by molar-refractivity contribution is 0.538. The molecule has 4 rings (SSSR count). The van der Waals surface area contributed by atoms with E-state index in [-0.39, 0.29) is 0 Å². The van der Waals surface area contributed by atoms with Crippen molar-refractivity contribution in [2.24, 2.45) is 0 Å². The van der Waals surface area contributed by atoms with Gasteiger partial charge in [0.2, 0.25) is 0 Å². The minimum Gasteiger partial charge on any atom is -0.458 e. The summed E-state index contributed by atoms with van der Waals surface area (Å²) in [5.74, 6) is 1.21. The summed E-state index contributed by atoms with van der Waals surface area (Å²) in [6.07, 6.45) is 1.72. The third kappa shape index (κ3) is 1.27. The van der Waals surface area contributed by atoms with Crippen molar-refractivity contribution in [1.82, 2.24) is 4.98 Å². The molecule has 0 bridgehead atoms. The average Bonchev–Trinajstić information content (AvgIpc) is 3.02. The first-order chi connectivity index (χ1) is 8.92. The molecule has 0 N–H and O–H groups in total. The highest BCUT2D eigenvalue weighted by molar-refractivity contribution is 5.93. The van der Waals surface area contributed by atoms with Crippen LogP contribution in [-0.4, -0.2) is 4.98 Å². The zero-order valence-corrected chi connectivity index (χ0v) is 9.46. The standard InChI is InChI=1S/C15H9NO2/c1-2-6-11-10(5-1)9-17-14(11)15-16-12-7-3-4-8-13(12)18-15/h1-9H. The second kappa shape index (κ2) is 3.47. The van der Waals surface area contributed by atoms with Crippen LogP contribution >= 0.6 is 0 Å². The van der Waals surface area contributed by atoms with E-state index in [1.54, 1.807) is 6.26 Å². The summed E-state index contributed by atoms with van der Waals surface area (Å²) >= 11 is 0. The minimum absolute atomic E-state index is 0.525. The Bertz CT molecular complexity index is 809. The summed E-state index contributed by atoms with van der Waals surface area (Å²) in [6.45, 7) is 0. The van der Waals surface area contributed by atoms with Crippen molar-refractivity contribution in [3.63, 3.8) is 0 Å². The second-order valence-electron chi connectivity index (χ2n) is 4.14. The fraction of sp³-hybridized carbons (Fsp3) is 0. The molecule has 2 aromatic carbocycles. The Morgan fingerprint density at radius 2 is 1.72 bits per heavy atom. The van der Waals surface area contributed by atoms with Crippen LogP contribution < -0.4 is 0 Å². The molecule has 0 aliphatic carbocycles. The number of hydrogen-bond acceptors (Lipinski definition) is 3. The molecule has 0 aliphatic rings. The number of rotatable bonds is 1. The molecule has 0 fully saturated rings. The van der Waals surface area contributed by atoms with Gasteiger partial charge in [-0.2, -0.15) is 0 Å². The molecule has 3 nitrogen and oxygen atoms in total. The van der Waals surface area contributed by atoms with Crippen molar-refractivity contribution < 1.29 is 8.83 Å². The molecule has 0 saturated heterocycles. The Morgan fingerprint density at radius 1 is 0.889 bits per heavy atom. The van der Waals surface area contributed by atoms with E-state index >= 15 is 0 Å². The maximum atomic E-state index is 5.72. The molecule has 0 amide bonds. The van der Waals surface area contributed by atoms with Crippen LogP contribution in [0.2, 0.25) is 0 Å². The van der Waals surface area contributed by atoms with Crippen molar-refractivity contribution in [3.05, 3.63) is 54.8 Å². The minimum atomic E-state index is 0.525. The highest BCUT2D eigenvalue weighted by atomic mass is 16.4. The first kappa shape index (κ1) is 9.48. The van der Waals surface area contributed by atoms with Gasteiger partial charge in [0.15, 0.2) is 11.3 Å². The number of furan rings is 1. The molecular formula is C15H9NO2. The third-order valence-electron chi connectivity index (χ3n) is 3.00. The topological polar surface area (TPSA) is 39.2 Å². The third-order valence-corrected chi connectivity index (χ3v) is 3.00. The van der Waals surface area contributed by atoms with Crippen LogP contribution in [0.4, 0.5) is 0 Å². The highest BCUT2D eigenvalue weighted by Gasteiger charge is 2.14. The molecule has 0 atom stereocenters. The molecule has 3 heteroatoms. The van der Waals surface area contributed by atoms with Gasteiger partial charge in [0.25, 0.3) is 5.89 Å². The quantitative estimate of drug-likeness (QED) is 0.495. The van der Waals surface area contributed by atoms with E-state index in [0.717, 1.165) is 21.9 Å². The average molecular weight is 235 g/mol. The smallest absolute Gasteiger partial charge is 0.264 e.